The van der Waals surface area contributed by atoms with Gasteiger partial charge in [0.1, 0.15) is 23.4 Å². The molecule has 176 valence electrons. The fraction of sp³-hybridized carbons (Fsp3) is 0.400. The number of aromatic hydroxyl groups is 1. The Bertz CT molecular complexity index is 1010. The van der Waals surface area contributed by atoms with E-state index in [0.29, 0.717) is 12.2 Å². The molecule has 3 aromatic rings. The van der Waals surface area contributed by atoms with E-state index in [0.717, 1.165) is 54.7 Å². The smallest absolute Gasteiger partial charge is 0.122 e. The van der Waals surface area contributed by atoms with Crippen molar-refractivity contribution in [1.29, 1.82) is 0 Å². The number of phenolic OH excluding ortho intramolecular Hbond substituents is 1. The maximum Gasteiger partial charge on any atom is 0.122 e. The summed E-state index contributed by atoms with van der Waals surface area (Å²) >= 11 is 0. The molecule has 3 nitrogen and oxygen atoms in total. The molecule has 0 aliphatic carbocycles. The fourth-order valence-corrected chi connectivity index (χ4v) is 4.35. The van der Waals surface area contributed by atoms with Crippen molar-refractivity contribution in [1.82, 2.24) is 0 Å². The standard InChI is InChI=1S/C30H38O3/c1-5-12-24-14-7-9-18-29(24)32-22(3)20-26-16-11-17-28(31)27(26)21-23(4)33-30-19-10-8-15-25(30)13-6-2/h7-11,14-19,22-23,31H,5-6,12-13,20-21H2,1-4H3. The summed E-state index contributed by atoms with van der Waals surface area (Å²) in [5.74, 6) is 2.22. The van der Waals surface area contributed by atoms with Crippen LogP contribution in [-0.2, 0) is 25.7 Å². The molecule has 2 unspecified atom stereocenters. The van der Waals surface area contributed by atoms with Crippen LogP contribution < -0.4 is 9.47 Å². The molecule has 3 rings (SSSR count). The third-order valence-corrected chi connectivity index (χ3v) is 5.89. The lowest BCUT2D eigenvalue weighted by Gasteiger charge is -2.22. The fourth-order valence-electron chi connectivity index (χ4n) is 4.35. The van der Waals surface area contributed by atoms with E-state index in [4.69, 9.17) is 9.47 Å². The van der Waals surface area contributed by atoms with Crippen molar-refractivity contribution < 1.29 is 14.6 Å². The Hall–Kier alpha value is -2.94. The highest BCUT2D eigenvalue weighted by molar-refractivity contribution is 5.41. The second kappa shape index (κ2) is 12.3. The minimum atomic E-state index is -0.0587. The van der Waals surface area contributed by atoms with Crippen molar-refractivity contribution in [2.24, 2.45) is 0 Å². The maximum absolute atomic E-state index is 10.7. The van der Waals surface area contributed by atoms with Gasteiger partial charge in [-0.05, 0) is 61.6 Å². The highest BCUT2D eigenvalue weighted by Gasteiger charge is 2.17. The number of rotatable bonds is 12. The predicted octanol–water partition coefficient (Wildman–Crippen LogP) is 7.32. The van der Waals surface area contributed by atoms with E-state index in [-0.39, 0.29) is 12.2 Å². The quantitative estimate of drug-likeness (QED) is 0.317. The summed E-state index contributed by atoms with van der Waals surface area (Å²) in [6, 6.07) is 22.3. The van der Waals surface area contributed by atoms with Crippen molar-refractivity contribution in [2.45, 2.75) is 78.4 Å². The van der Waals surface area contributed by atoms with E-state index in [1.54, 1.807) is 6.07 Å². The van der Waals surface area contributed by atoms with Crippen molar-refractivity contribution in [2.75, 3.05) is 0 Å². The van der Waals surface area contributed by atoms with Gasteiger partial charge in [-0.25, -0.2) is 0 Å². The van der Waals surface area contributed by atoms with E-state index in [1.807, 2.05) is 24.3 Å². The molecule has 0 aliphatic heterocycles. The second-order valence-corrected chi connectivity index (χ2v) is 8.90. The van der Waals surface area contributed by atoms with Gasteiger partial charge >= 0.3 is 0 Å². The van der Waals surface area contributed by atoms with Crippen LogP contribution in [0, 0.1) is 0 Å². The number of aryl methyl sites for hydroxylation is 2. The van der Waals surface area contributed by atoms with Gasteiger partial charge in [-0.1, -0.05) is 75.2 Å². The number of hydrogen-bond acceptors (Lipinski definition) is 3. The summed E-state index contributed by atoms with van der Waals surface area (Å²) < 4.78 is 12.6. The molecule has 33 heavy (non-hydrogen) atoms. The average Bonchev–Trinajstić information content (AvgIpc) is 2.79. The highest BCUT2D eigenvalue weighted by Crippen LogP contribution is 2.28. The zero-order valence-electron chi connectivity index (χ0n) is 20.5. The molecule has 2 atom stereocenters. The lowest BCUT2D eigenvalue weighted by atomic mass is 9.96. The van der Waals surface area contributed by atoms with Gasteiger partial charge in [0, 0.05) is 18.4 Å². The first-order valence-electron chi connectivity index (χ1n) is 12.3. The van der Waals surface area contributed by atoms with E-state index in [1.165, 1.54) is 11.1 Å². The SMILES string of the molecule is CCCc1ccccc1OC(C)Cc1cccc(O)c1CC(C)Oc1ccccc1CCC. The van der Waals surface area contributed by atoms with E-state index in [2.05, 4.69) is 64.1 Å². The van der Waals surface area contributed by atoms with Crippen molar-refractivity contribution in [3.8, 4) is 17.2 Å². The number of para-hydroxylation sites is 2. The Kier molecular flexibility index (Phi) is 9.24. The number of hydrogen-bond donors (Lipinski definition) is 1. The summed E-state index contributed by atoms with van der Waals surface area (Å²) in [4.78, 5) is 0. The van der Waals surface area contributed by atoms with Crippen LogP contribution in [0.1, 0.15) is 62.8 Å². The van der Waals surface area contributed by atoms with Crippen LogP contribution in [0.4, 0.5) is 0 Å². The minimum absolute atomic E-state index is 0.00920. The lowest BCUT2D eigenvalue weighted by molar-refractivity contribution is 0.212. The first-order valence-corrected chi connectivity index (χ1v) is 12.3. The normalized spacial score (nSPS) is 12.8. The molecule has 0 fully saturated rings. The molecule has 0 radical (unpaired) electrons. The molecule has 0 amide bonds. The Morgan fingerprint density at radius 1 is 0.636 bits per heavy atom. The number of ether oxygens (including phenoxy) is 2. The first-order chi connectivity index (χ1) is 16.0. The van der Waals surface area contributed by atoms with Crippen LogP contribution in [0.25, 0.3) is 0 Å². The first kappa shape index (κ1) is 24.7. The predicted molar refractivity (Wildman–Crippen MR) is 137 cm³/mol. The van der Waals surface area contributed by atoms with Gasteiger partial charge in [0.2, 0.25) is 0 Å². The van der Waals surface area contributed by atoms with Crippen molar-refractivity contribution >= 4 is 0 Å². The van der Waals surface area contributed by atoms with E-state index >= 15 is 0 Å². The third-order valence-electron chi connectivity index (χ3n) is 5.89. The van der Waals surface area contributed by atoms with Crippen LogP contribution in [0.5, 0.6) is 17.2 Å². The average molecular weight is 447 g/mol. The highest BCUT2D eigenvalue weighted by atomic mass is 16.5. The lowest BCUT2D eigenvalue weighted by Crippen LogP contribution is -2.20. The summed E-state index contributed by atoms with van der Waals surface area (Å²) in [7, 11) is 0. The van der Waals surface area contributed by atoms with Crippen LogP contribution in [0.3, 0.4) is 0 Å². The van der Waals surface area contributed by atoms with E-state index in [9.17, 15) is 5.11 Å². The minimum Gasteiger partial charge on any atom is -0.508 e. The summed E-state index contributed by atoms with van der Waals surface area (Å²) in [5.41, 5.74) is 4.52. The molecule has 0 heterocycles. The molecule has 0 bridgehead atoms. The molecule has 0 spiro atoms. The Morgan fingerprint density at radius 3 is 1.67 bits per heavy atom. The second-order valence-electron chi connectivity index (χ2n) is 8.90. The molecule has 3 aromatic carbocycles. The molecule has 0 aliphatic rings. The molecule has 0 saturated carbocycles. The van der Waals surface area contributed by atoms with Gasteiger partial charge in [0.15, 0.2) is 0 Å². The van der Waals surface area contributed by atoms with Gasteiger partial charge in [-0.2, -0.15) is 0 Å². The topological polar surface area (TPSA) is 38.7 Å². The van der Waals surface area contributed by atoms with Crippen LogP contribution in [-0.4, -0.2) is 17.3 Å². The molecule has 1 N–H and O–H groups in total. The molecule has 3 heteroatoms. The number of phenols is 1. The zero-order valence-corrected chi connectivity index (χ0v) is 20.5. The van der Waals surface area contributed by atoms with Gasteiger partial charge in [-0.3, -0.25) is 0 Å². The van der Waals surface area contributed by atoms with Crippen molar-refractivity contribution in [3.63, 3.8) is 0 Å². The van der Waals surface area contributed by atoms with Crippen LogP contribution in [0.2, 0.25) is 0 Å². The molecular formula is C30H38O3. The van der Waals surface area contributed by atoms with E-state index < -0.39 is 0 Å². The summed E-state index contributed by atoms with van der Waals surface area (Å²) in [6.45, 7) is 8.53. The van der Waals surface area contributed by atoms with Crippen LogP contribution >= 0.6 is 0 Å². The Balaban J connectivity index is 1.71. The van der Waals surface area contributed by atoms with Crippen molar-refractivity contribution in [3.05, 3.63) is 89.0 Å². The van der Waals surface area contributed by atoms with Crippen LogP contribution in [0.15, 0.2) is 66.7 Å². The maximum atomic E-state index is 10.7. The zero-order chi connectivity index (χ0) is 23.6. The summed E-state index contributed by atoms with van der Waals surface area (Å²) in [5, 5.41) is 10.7. The van der Waals surface area contributed by atoms with Gasteiger partial charge < -0.3 is 14.6 Å². The van der Waals surface area contributed by atoms with Gasteiger partial charge in [0.25, 0.3) is 0 Å². The molecule has 0 saturated heterocycles. The molecular weight excluding hydrogens is 408 g/mol. The molecule has 0 aromatic heterocycles. The third kappa shape index (κ3) is 7.02. The monoisotopic (exact) mass is 446 g/mol. The number of benzene rings is 3. The summed E-state index contributed by atoms with van der Waals surface area (Å²) in [6.07, 6.45) is 5.47. The Morgan fingerprint density at radius 2 is 1.12 bits per heavy atom. The van der Waals surface area contributed by atoms with Gasteiger partial charge in [0.05, 0.1) is 6.10 Å². The Labute approximate surface area is 199 Å². The largest absolute Gasteiger partial charge is 0.508 e. The van der Waals surface area contributed by atoms with Gasteiger partial charge in [-0.15, -0.1) is 0 Å².